The first-order valence-electron chi connectivity index (χ1n) is 10.5. The van der Waals surface area contributed by atoms with E-state index in [0.717, 1.165) is 30.2 Å². The Bertz CT molecular complexity index is 1080. The maximum atomic E-state index is 13.5. The summed E-state index contributed by atoms with van der Waals surface area (Å²) in [5.74, 6) is 1.65. The summed E-state index contributed by atoms with van der Waals surface area (Å²) in [5, 5.41) is 4.26. The number of pyridine rings is 1. The largest absolute Gasteiger partial charge is 0.481 e. The molecule has 9 nitrogen and oxygen atoms in total. The molecular formula is C22H25N7O2. The van der Waals surface area contributed by atoms with Gasteiger partial charge in [-0.2, -0.15) is 10.1 Å². The van der Waals surface area contributed by atoms with Crippen molar-refractivity contribution in [3.8, 4) is 11.7 Å². The number of aryl methyl sites for hydroxylation is 2. The lowest BCUT2D eigenvalue weighted by Crippen LogP contribution is -2.56. The highest BCUT2D eigenvalue weighted by Gasteiger charge is 2.43. The molecule has 1 amide bonds. The molecule has 0 radical (unpaired) electrons. The van der Waals surface area contributed by atoms with E-state index in [9.17, 15) is 4.79 Å². The fourth-order valence-corrected chi connectivity index (χ4v) is 4.67. The lowest BCUT2D eigenvalue weighted by atomic mass is 10.1. The van der Waals surface area contributed by atoms with Crippen molar-refractivity contribution < 1.29 is 9.53 Å². The van der Waals surface area contributed by atoms with E-state index in [-0.39, 0.29) is 18.0 Å². The number of likely N-dealkylation sites (tertiary alicyclic amines) is 1. The zero-order chi connectivity index (χ0) is 21.5. The van der Waals surface area contributed by atoms with Crippen LogP contribution in [0.3, 0.4) is 0 Å². The van der Waals surface area contributed by atoms with E-state index in [1.165, 1.54) is 0 Å². The Morgan fingerprint density at radius 1 is 1.06 bits per heavy atom. The van der Waals surface area contributed by atoms with Crippen molar-refractivity contribution in [2.75, 3.05) is 25.1 Å². The van der Waals surface area contributed by atoms with Crippen LogP contribution in [-0.4, -0.2) is 67.8 Å². The van der Waals surface area contributed by atoms with Crippen LogP contribution >= 0.6 is 0 Å². The second-order valence-corrected chi connectivity index (χ2v) is 8.13. The molecule has 2 saturated heterocycles. The van der Waals surface area contributed by atoms with Gasteiger partial charge in [0.25, 0.3) is 5.91 Å². The van der Waals surface area contributed by atoms with Crippen LogP contribution in [0.4, 0.5) is 5.95 Å². The Morgan fingerprint density at radius 3 is 2.39 bits per heavy atom. The summed E-state index contributed by atoms with van der Waals surface area (Å²) >= 11 is 0. The first kappa shape index (κ1) is 19.5. The van der Waals surface area contributed by atoms with Crippen molar-refractivity contribution in [3.63, 3.8) is 0 Å². The van der Waals surface area contributed by atoms with Gasteiger partial charge in [-0.3, -0.25) is 4.79 Å². The average Bonchev–Trinajstić information content (AvgIpc) is 3.38. The first-order valence-corrected chi connectivity index (χ1v) is 10.5. The summed E-state index contributed by atoms with van der Waals surface area (Å²) in [6, 6.07) is 7.70. The predicted molar refractivity (Wildman–Crippen MR) is 115 cm³/mol. The molecule has 5 heterocycles. The van der Waals surface area contributed by atoms with Crippen molar-refractivity contribution in [2.24, 2.45) is 0 Å². The third kappa shape index (κ3) is 3.49. The number of hydrogen-bond acceptors (Lipinski definition) is 7. The van der Waals surface area contributed by atoms with Gasteiger partial charge in [-0.15, -0.1) is 0 Å². The van der Waals surface area contributed by atoms with E-state index in [2.05, 4.69) is 25.0 Å². The third-order valence-corrected chi connectivity index (χ3v) is 5.98. The van der Waals surface area contributed by atoms with Crippen LogP contribution in [0.2, 0.25) is 0 Å². The fraction of sp³-hybridized carbons (Fsp3) is 0.409. The first-order chi connectivity index (χ1) is 15.0. The minimum absolute atomic E-state index is 0.0430. The van der Waals surface area contributed by atoms with E-state index >= 15 is 0 Å². The summed E-state index contributed by atoms with van der Waals surface area (Å²) < 4.78 is 6.86. The number of aromatic nitrogens is 5. The Kier molecular flexibility index (Phi) is 4.80. The van der Waals surface area contributed by atoms with Gasteiger partial charge in [0.05, 0.1) is 12.7 Å². The smallest absolute Gasteiger partial charge is 0.257 e. The Labute approximate surface area is 180 Å². The van der Waals surface area contributed by atoms with Crippen LogP contribution in [0.5, 0.6) is 5.88 Å². The van der Waals surface area contributed by atoms with E-state index in [1.54, 1.807) is 42.4 Å². The van der Waals surface area contributed by atoms with E-state index in [4.69, 9.17) is 4.74 Å². The van der Waals surface area contributed by atoms with Crippen molar-refractivity contribution in [2.45, 2.75) is 38.8 Å². The molecule has 9 heteroatoms. The molecule has 2 unspecified atom stereocenters. The average molecular weight is 419 g/mol. The highest BCUT2D eigenvalue weighted by atomic mass is 16.5. The molecule has 0 saturated carbocycles. The lowest BCUT2D eigenvalue weighted by Gasteiger charge is -2.41. The SMILES string of the molecule is COc1ccc(C(=O)N2CC3CCC(C2)N3c2nc(C)cc(C)n2)c(-n2cccn2)n1. The zero-order valence-electron chi connectivity index (χ0n) is 17.9. The molecule has 31 heavy (non-hydrogen) atoms. The monoisotopic (exact) mass is 419 g/mol. The Balaban J connectivity index is 1.43. The number of ether oxygens (including phenoxy) is 1. The summed E-state index contributed by atoms with van der Waals surface area (Å²) in [7, 11) is 1.56. The second-order valence-electron chi connectivity index (χ2n) is 8.13. The molecule has 2 aliphatic heterocycles. The number of hydrogen-bond donors (Lipinski definition) is 0. The van der Waals surface area contributed by atoms with Gasteiger partial charge in [-0.25, -0.2) is 14.6 Å². The van der Waals surface area contributed by atoms with Gasteiger partial charge in [0.2, 0.25) is 11.8 Å². The van der Waals surface area contributed by atoms with Crippen LogP contribution in [0.1, 0.15) is 34.6 Å². The van der Waals surface area contributed by atoms with Crippen LogP contribution in [-0.2, 0) is 0 Å². The predicted octanol–water partition coefficient (Wildman–Crippen LogP) is 2.18. The van der Waals surface area contributed by atoms with E-state index < -0.39 is 0 Å². The van der Waals surface area contributed by atoms with Crippen molar-refractivity contribution in [1.29, 1.82) is 0 Å². The molecule has 3 aromatic rings. The summed E-state index contributed by atoms with van der Waals surface area (Å²) in [4.78, 5) is 31.6. The van der Waals surface area contributed by atoms with Crippen LogP contribution in [0.15, 0.2) is 36.7 Å². The minimum atomic E-state index is -0.0430. The molecule has 3 aromatic heterocycles. The third-order valence-electron chi connectivity index (χ3n) is 5.98. The molecular weight excluding hydrogens is 394 g/mol. The quantitative estimate of drug-likeness (QED) is 0.640. The molecule has 2 atom stereocenters. The molecule has 0 spiro atoms. The molecule has 0 aromatic carbocycles. The van der Waals surface area contributed by atoms with Crippen molar-refractivity contribution >= 4 is 11.9 Å². The van der Waals surface area contributed by atoms with Crippen molar-refractivity contribution in [3.05, 3.63) is 53.6 Å². The number of amides is 1. The van der Waals surface area contributed by atoms with E-state index in [1.807, 2.05) is 24.8 Å². The summed E-state index contributed by atoms with van der Waals surface area (Å²) in [5.41, 5.74) is 2.45. The van der Waals surface area contributed by atoms with Gasteiger partial charge < -0.3 is 14.5 Å². The Morgan fingerprint density at radius 2 is 1.77 bits per heavy atom. The van der Waals surface area contributed by atoms with Gasteiger partial charge in [0, 0.05) is 55.0 Å². The number of piperazine rings is 1. The zero-order valence-corrected chi connectivity index (χ0v) is 17.9. The molecule has 0 aliphatic carbocycles. The van der Waals surface area contributed by atoms with Gasteiger partial charge >= 0.3 is 0 Å². The van der Waals surface area contributed by atoms with Gasteiger partial charge in [-0.05, 0) is 44.9 Å². The number of rotatable bonds is 4. The van der Waals surface area contributed by atoms with Crippen molar-refractivity contribution in [1.82, 2.24) is 29.6 Å². The molecule has 2 fully saturated rings. The maximum absolute atomic E-state index is 13.5. The topological polar surface area (TPSA) is 89.3 Å². The van der Waals surface area contributed by atoms with Gasteiger partial charge in [-0.1, -0.05) is 0 Å². The molecule has 2 bridgehead atoms. The second kappa shape index (κ2) is 7.64. The Hall–Kier alpha value is -3.49. The van der Waals surface area contributed by atoms with Gasteiger partial charge in [0.15, 0.2) is 5.82 Å². The highest BCUT2D eigenvalue weighted by molar-refractivity contribution is 5.97. The summed E-state index contributed by atoms with van der Waals surface area (Å²) in [6.07, 6.45) is 5.49. The number of anilines is 1. The molecule has 160 valence electrons. The summed E-state index contributed by atoms with van der Waals surface area (Å²) in [6.45, 7) is 5.26. The normalized spacial score (nSPS) is 20.2. The number of carbonyl (C=O) groups excluding carboxylic acids is 1. The van der Waals surface area contributed by atoms with Gasteiger partial charge in [0.1, 0.15) is 0 Å². The number of fused-ring (bicyclic) bond motifs is 2. The molecule has 0 N–H and O–H groups in total. The molecule has 2 aliphatic rings. The number of carbonyl (C=O) groups is 1. The minimum Gasteiger partial charge on any atom is -0.481 e. The van der Waals surface area contributed by atoms with Crippen LogP contribution < -0.4 is 9.64 Å². The standard InChI is InChI=1S/C22H25N7O2/c1-14-11-15(2)25-22(24-14)29-16-5-6-17(29)13-27(12-16)21(30)18-7-8-19(31-3)26-20(18)28-10-4-9-23-28/h4,7-11,16-17H,5-6,12-13H2,1-3H3. The molecule has 5 rings (SSSR count). The highest BCUT2D eigenvalue weighted by Crippen LogP contribution is 2.34. The maximum Gasteiger partial charge on any atom is 0.257 e. The lowest BCUT2D eigenvalue weighted by molar-refractivity contribution is 0.0716. The van der Waals surface area contributed by atoms with Crippen LogP contribution in [0, 0.1) is 13.8 Å². The number of methoxy groups -OCH3 is 1. The number of nitrogens with zero attached hydrogens (tertiary/aromatic N) is 7. The van der Waals surface area contributed by atoms with E-state index in [0.29, 0.717) is 30.4 Å². The fourth-order valence-electron chi connectivity index (χ4n) is 4.67. The van der Waals surface area contributed by atoms with Crippen LogP contribution in [0.25, 0.3) is 5.82 Å².